The van der Waals surface area contributed by atoms with Crippen LogP contribution >= 0.6 is 0 Å². The Kier molecular flexibility index (Phi) is 6.08. The molecule has 1 amide bonds. The fourth-order valence-corrected chi connectivity index (χ4v) is 3.80. The van der Waals surface area contributed by atoms with Gasteiger partial charge in [-0.3, -0.25) is 4.79 Å². The van der Waals surface area contributed by atoms with Gasteiger partial charge >= 0.3 is 0 Å². The van der Waals surface area contributed by atoms with E-state index < -0.39 is 0 Å². The Bertz CT molecular complexity index is 1190. The number of hydrazone groups is 1. The number of nitrogens with zero attached hydrogens (tertiary/aromatic N) is 2. The smallest absolute Gasteiger partial charge is 0.280 e. The van der Waals surface area contributed by atoms with E-state index in [1.807, 2.05) is 61.5 Å². The quantitative estimate of drug-likeness (QED) is 0.475. The number of aryl methyl sites for hydroxylation is 2. The lowest BCUT2D eigenvalue weighted by Gasteiger charge is -2.13. The number of methoxy groups -OCH3 is 1. The van der Waals surface area contributed by atoms with Crippen molar-refractivity contribution in [1.29, 1.82) is 0 Å². The summed E-state index contributed by atoms with van der Waals surface area (Å²) in [5.74, 6) is 1.12. The van der Waals surface area contributed by atoms with Gasteiger partial charge in [-0.05, 0) is 62.2 Å². The first-order valence-electron chi connectivity index (χ1n) is 10.5. The Balaban J connectivity index is 1.54. The highest BCUT2D eigenvalue weighted by Gasteiger charge is 2.28. The van der Waals surface area contributed by atoms with E-state index in [2.05, 4.69) is 37.1 Å². The number of carbonyl (C=O) groups excluding carboxylic acids is 1. The zero-order chi connectivity index (χ0) is 22.7. The summed E-state index contributed by atoms with van der Waals surface area (Å²) in [5, 5.41) is 5.86. The van der Waals surface area contributed by atoms with E-state index in [9.17, 15) is 4.79 Å². The number of anilines is 1. The molecule has 1 aliphatic rings. The van der Waals surface area contributed by atoms with Crippen LogP contribution in [-0.4, -0.2) is 18.7 Å². The van der Waals surface area contributed by atoms with Gasteiger partial charge in [-0.25, -0.2) is 0 Å². The van der Waals surface area contributed by atoms with Gasteiger partial charge in [-0.1, -0.05) is 53.6 Å². The van der Waals surface area contributed by atoms with Crippen LogP contribution in [0.4, 0.5) is 5.69 Å². The normalized spacial score (nSPS) is 14.6. The summed E-state index contributed by atoms with van der Waals surface area (Å²) in [4.78, 5) is 12.9. The molecule has 3 aromatic rings. The van der Waals surface area contributed by atoms with Crippen LogP contribution in [0.3, 0.4) is 0 Å². The first kappa shape index (κ1) is 21.4. The predicted octanol–water partition coefficient (Wildman–Crippen LogP) is 5.70. The third kappa shape index (κ3) is 4.57. The third-order valence-corrected chi connectivity index (χ3v) is 5.24. The maximum absolute atomic E-state index is 12.9. The summed E-state index contributed by atoms with van der Waals surface area (Å²) in [7, 11) is 1.61. The number of benzene rings is 3. The van der Waals surface area contributed by atoms with Gasteiger partial charge in [0.15, 0.2) is 11.5 Å². The Morgan fingerprint density at radius 3 is 2.31 bits per heavy atom. The highest BCUT2D eigenvalue weighted by Crippen LogP contribution is 2.31. The second kappa shape index (κ2) is 9.10. The van der Waals surface area contributed by atoms with Gasteiger partial charge in [-0.2, -0.15) is 10.1 Å². The van der Waals surface area contributed by atoms with E-state index in [0.717, 1.165) is 16.8 Å². The van der Waals surface area contributed by atoms with Crippen LogP contribution in [0.15, 0.2) is 77.4 Å². The average molecular weight is 427 g/mol. The van der Waals surface area contributed by atoms with Crippen LogP contribution < -0.4 is 14.5 Å². The van der Waals surface area contributed by atoms with E-state index >= 15 is 0 Å². The molecule has 0 saturated carbocycles. The van der Waals surface area contributed by atoms with Crippen LogP contribution in [0.25, 0.3) is 6.08 Å². The van der Waals surface area contributed by atoms with Crippen molar-refractivity contribution in [2.24, 2.45) is 5.10 Å². The van der Waals surface area contributed by atoms with Gasteiger partial charge in [0.05, 0.1) is 24.1 Å². The molecule has 3 aromatic carbocycles. The summed E-state index contributed by atoms with van der Waals surface area (Å²) < 4.78 is 11.6. The van der Waals surface area contributed by atoms with Crippen molar-refractivity contribution in [2.45, 2.75) is 27.4 Å². The molecule has 0 spiro atoms. The largest absolute Gasteiger partial charge is 0.493 e. The molecular formula is C27H26N2O3. The number of ether oxygens (including phenoxy) is 2. The first-order valence-corrected chi connectivity index (χ1v) is 10.5. The molecule has 162 valence electrons. The molecule has 0 aromatic heterocycles. The number of hydrogen-bond donors (Lipinski definition) is 0. The van der Waals surface area contributed by atoms with Crippen molar-refractivity contribution >= 4 is 23.4 Å². The van der Waals surface area contributed by atoms with Crippen molar-refractivity contribution < 1.29 is 14.3 Å². The van der Waals surface area contributed by atoms with Crippen LogP contribution in [0, 0.1) is 13.8 Å². The lowest BCUT2D eigenvalue weighted by atomic mass is 10.1. The zero-order valence-corrected chi connectivity index (χ0v) is 18.8. The van der Waals surface area contributed by atoms with E-state index in [-0.39, 0.29) is 5.91 Å². The molecular weight excluding hydrogens is 400 g/mol. The fraction of sp³-hybridized carbons (Fsp3) is 0.185. The molecule has 0 saturated heterocycles. The summed E-state index contributed by atoms with van der Waals surface area (Å²) in [6, 6.07) is 21.4. The van der Waals surface area contributed by atoms with E-state index in [1.54, 1.807) is 7.11 Å². The highest BCUT2D eigenvalue weighted by atomic mass is 16.5. The minimum absolute atomic E-state index is 0.150. The van der Waals surface area contributed by atoms with Gasteiger partial charge < -0.3 is 9.47 Å². The molecule has 4 rings (SSSR count). The lowest BCUT2D eigenvalue weighted by Crippen LogP contribution is -2.21. The predicted molar refractivity (Wildman–Crippen MR) is 128 cm³/mol. The SMILES string of the molecule is COc1cc(/C=C2/C(=O)N(c3ccccc3)N=C2C)ccc1OCc1cc(C)cc(C)c1. The number of para-hydroxylation sites is 1. The molecule has 0 bridgehead atoms. The fourth-order valence-electron chi connectivity index (χ4n) is 3.80. The van der Waals surface area contributed by atoms with Crippen molar-refractivity contribution in [3.05, 3.63) is 94.6 Å². The minimum Gasteiger partial charge on any atom is -0.493 e. The van der Waals surface area contributed by atoms with Crippen LogP contribution in [0.1, 0.15) is 29.2 Å². The van der Waals surface area contributed by atoms with Crippen molar-refractivity contribution in [3.63, 3.8) is 0 Å². The molecule has 0 fully saturated rings. The van der Waals surface area contributed by atoms with Crippen LogP contribution in [-0.2, 0) is 11.4 Å². The molecule has 1 aliphatic heterocycles. The highest BCUT2D eigenvalue weighted by molar-refractivity contribution is 6.32. The first-order chi connectivity index (χ1) is 15.4. The van der Waals surface area contributed by atoms with E-state index in [4.69, 9.17) is 9.47 Å². The topological polar surface area (TPSA) is 51.1 Å². The summed E-state index contributed by atoms with van der Waals surface area (Å²) in [5.41, 5.74) is 6.34. The van der Waals surface area contributed by atoms with Crippen LogP contribution in [0.2, 0.25) is 0 Å². The van der Waals surface area contributed by atoms with Crippen LogP contribution in [0.5, 0.6) is 11.5 Å². The molecule has 0 unspecified atom stereocenters. The molecule has 0 atom stereocenters. The lowest BCUT2D eigenvalue weighted by molar-refractivity contribution is -0.114. The second-order valence-corrected chi connectivity index (χ2v) is 7.89. The maximum Gasteiger partial charge on any atom is 0.280 e. The average Bonchev–Trinajstić information content (AvgIpc) is 3.06. The molecule has 0 radical (unpaired) electrons. The Morgan fingerprint density at radius 1 is 0.906 bits per heavy atom. The maximum atomic E-state index is 12.9. The molecule has 0 aliphatic carbocycles. The summed E-state index contributed by atoms with van der Waals surface area (Å²) in [6.07, 6.45) is 1.83. The van der Waals surface area contributed by atoms with Crippen molar-refractivity contribution in [1.82, 2.24) is 0 Å². The Labute approximate surface area is 188 Å². The number of hydrogen-bond acceptors (Lipinski definition) is 4. The molecule has 32 heavy (non-hydrogen) atoms. The number of carbonyl (C=O) groups is 1. The van der Waals surface area contributed by atoms with E-state index in [1.165, 1.54) is 16.1 Å². The molecule has 5 nitrogen and oxygen atoms in total. The zero-order valence-electron chi connectivity index (χ0n) is 18.8. The number of amides is 1. The number of rotatable bonds is 6. The summed E-state index contributed by atoms with van der Waals surface area (Å²) in [6.45, 7) is 6.45. The van der Waals surface area contributed by atoms with Gasteiger partial charge in [-0.15, -0.1) is 0 Å². The standard InChI is InChI=1S/C27H26N2O3/c1-18-12-19(2)14-22(13-18)17-32-25-11-10-21(16-26(25)31-4)15-24-20(3)28-29(27(24)30)23-8-6-5-7-9-23/h5-16H,17H2,1-4H3/b24-15+. The van der Waals surface area contributed by atoms with Gasteiger partial charge in [0.2, 0.25) is 0 Å². The summed E-state index contributed by atoms with van der Waals surface area (Å²) >= 11 is 0. The van der Waals surface area contributed by atoms with Gasteiger partial charge in [0, 0.05) is 0 Å². The minimum atomic E-state index is -0.150. The Morgan fingerprint density at radius 2 is 1.62 bits per heavy atom. The third-order valence-electron chi connectivity index (χ3n) is 5.24. The monoisotopic (exact) mass is 426 g/mol. The van der Waals surface area contributed by atoms with Gasteiger partial charge in [0.1, 0.15) is 6.61 Å². The second-order valence-electron chi connectivity index (χ2n) is 7.89. The van der Waals surface area contributed by atoms with Gasteiger partial charge in [0.25, 0.3) is 5.91 Å². The van der Waals surface area contributed by atoms with E-state index in [0.29, 0.717) is 29.4 Å². The Hall–Kier alpha value is -3.86. The molecule has 0 N–H and O–H groups in total. The van der Waals surface area contributed by atoms with Crippen molar-refractivity contribution in [2.75, 3.05) is 12.1 Å². The molecule has 5 heteroatoms. The molecule has 1 heterocycles. The van der Waals surface area contributed by atoms with Crippen molar-refractivity contribution in [3.8, 4) is 11.5 Å².